The highest BCUT2D eigenvalue weighted by Crippen LogP contribution is 2.32. The van der Waals surface area contributed by atoms with Crippen LogP contribution in [0.4, 0.5) is 13.2 Å². The summed E-state index contributed by atoms with van der Waals surface area (Å²) in [6, 6.07) is 25.8. The van der Waals surface area contributed by atoms with Gasteiger partial charge in [0.2, 0.25) is 0 Å². The molecule has 6 heteroatoms. The summed E-state index contributed by atoms with van der Waals surface area (Å²) in [6.45, 7) is 2.54. The second-order valence-corrected chi connectivity index (χ2v) is 8.80. The molecular formula is C28H29F3N2O. The molecule has 1 amide bonds. The Bertz CT molecular complexity index is 1020. The molecular weight excluding hydrogens is 437 g/mol. The monoisotopic (exact) mass is 466 g/mol. The van der Waals surface area contributed by atoms with Crippen molar-refractivity contribution in [1.82, 2.24) is 10.2 Å². The first-order chi connectivity index (χ1) is 16.4. The molecule has 3 nitrogen and oxygen atoms in total. The second kappa shape index (κ2) is 10.9. The summed E-state index contributed by atoms with van der Waals surface area (Å²) in [7, 11) is 0. The Morgan fingerprint density at radius 3 is 1.94 bits per heavy atom. The van der Waals surface area contributed by atoms with E-state index in [1.807, 2.05) is 12.1 Å². The van der Waals surface area contributed by atoms with Gasteiger partial charge in [0.15, 0.2) is 0 Å². The van der Waals surface area contributed by atoms with Crippen LogP contribution in [-0.4, -0.2) is 36.5 Å². The van der Waals surface area contributed by atoms with Gasteiger partial charge >= 0.3 is 6.18 Å². The highest BCUT2D eigenvalue weighted by Gasteiger charge is 2.35. The number of piperidine rings is 1. The van der Waals surface area contributed by atoms with E-state index in [0.717, 1.165) is 45.0 Å². The molecule has 0 unspecified atom stereocenters. The third-order valence-corrected chi connectivity index (χ3v) is 6.54. The molecule has 1 heterocycles. The number of benzene rings is 3. The maximum absolute atomic E-state index is 13.2. The van der Waals surface area contributed by atoms with Crippen LogP contribution >= 0.6 is 0 Å². The molecule has 0 spiro atoms. The lowest BCUT2D eigenvalue weighted by Gasteiger charge is -2.33. The standard InChI is InChI=1S/C28H29F3N2O/c29-28(30,31)26-14-8-7-13-25(26)27(34)32-23-15-18-33(19-16-23)20-17-24(21-9-3-1-4-10-21)22-11-5-2-6-12-22/h1-14,23-24H,15-20H2,(H,32,34). The Labute approximate surface area is 198 Å². The molecule has 1 N–H and O–H groups in total. The summed E-state index contributed by atoms with van der Waals surface area (Å²) >= 11 is 0. The lowest BCUT2D eigenvalue weighted by atomic mass is 9.88. The van der Waals surface area contributed by atoms with Crippen LogP contribution in [0.1, 0.15) is 52.2 Å². The van der Waals surface area contributed by atoms with Crippen molar-refractivity contribution in [1.29, 1.82) is 0 Å². The van der Waals surface area contributed by atoms with Gasteiger partial charge in [-0.1, -0.05) is 72.8 Å². The van der Waals surface area contributed by atoms with E-state index in [2.05, 4.69) is 58.7 Å². The normalized spacial score (nSPS) is 15.4. The number of nitrogens with one attached hydrogen (secondary N) is 1. The van der Waals surface area contributed by atoms with E-state index >= 15 is 0 Å². The maximum Gasteiger partial charge on any atom is 0.417 e. The fraction of sp³-hybridized carbons (Fsp3) is 0.321. The number of rotatable bonds is 7. The van der Waals surface area contributed by atoms with Crippen LogP contribution in [0.2, 0.25) is 0 Å². The lowest BCUT2D eigenvalue weighted by Crippen LogP contribution is -2.45. The van der Waals surface area contributed by atoms with Gasteiger partial charge in [-0.05, 0) is 49.1 Å². The highest BCUT2D eigenvalue weighted by molar-refractivity contribution is 5.96. The van der Waals surface area contributed by atoms with Crippen LogP contribution in [0.3, 0.4) is 0 Å². The van der Waals surface area contributed by atoms with Crippen molar-refractivity contribution in [2.45, 2.75) is 37.4 Å². The SMILES string of the molecule is O=C(NC1CCN(CCC(c2ccccc2)c2ccccc2)CC1)c1ccccc1C(F)(F)F. The zero-order valence-electron chi connectivity index (χ0n) is 19.0. The Morgan fingerprint density at radius 1 is 0.853 bits per heavy atom. The molecule has 1 aliphatic rings. The average Bonchev–Trinajstić information content (AvgIpc) is 2.86. The minimum atomic E-state index is -4.55. The van der Waals surface area contributed by atoms with E-state index in [1.54, 1.807) is 0 Å². The average molecular weight is 467 g/mol. The number of hydrogen-bond acceptors (Lipinski definition) is 2. The third-order valence-electron chi connectivity index (χ3n) is 6.54. The van der Waals surface area contributed by atoms with Crippen LogP contribution in [0.5, 0.6) is 0 Å². The van der Waals surface area contributed by atoms with Crippen LogP contribution in [-0.2, 0) is 6.18 Å². The van der Waals surface area contributed by atoms with E-state index in [1.165, 1.54) is 29.3 Å². The summed E-state index contributed by atoms with van der Waals surface area (Å²) in [5, 5.41) is 2.82. The molecule has 0 aliphatic carbocycles. The van der Waals surface area contributed by atoms with Gasteiger partial charge in [0, 0.05) is 25.0 Å². The zero-order chi connectivity index (χ0) is 24.0. The minimum Gasteiger partial charge on any atom is -0.349 e. The molecule has 1 aliphatic heterocycles. The first-order valence-electron chi connectivity index (χ1n) is 11.7. The molecule has 3 aromatic carbocycles. The minimum absolute atomic E-state index is 0.121. The molecule has 0 bridgehead atoms. The van der Waals surface area contributed by atoms with E-state index in [-0.39, 0.29) is 11.6 Å². The number of likely N-dealkylation sites (tertiary alicyclic amines) is 1. The molecule has 178 valence electrons. The molecule has 34 heavy (non-hydrogen) atoms. The number of carbonyl (C=O) groups is 1. The van der Waals surface area contributed by atoms with Crippen molar-refractivity contribution in [3.63, 3.8) is 0 Å². The largest absolute Gasteiger partial charge is 0.417 e. The predicted molar refractivity (Wildman–Crippen MR) is 128 cm³/mol. The van der Waals surface area contributed by atoms with Gasteiger partial charge < -0.3 is 10.2 Å². The van der Waals surface area contributed by atoms with Gasteiger partial charge in [0.1, 0.15) is 0 Å². The summed E-state index contributed by atoms with van der Waals surface area (Å²) < 4.78 is 39.7. The van der Waals surface area contributed by atoms with Crippen LogP contribution in [0.25, 0.3) is 0 Å². The zero-order valence-corrected chi connectivity index (χ0v) is 19.0. The van der Waals surface area contributed by atoms with Crippen LogP contribution in [0, 0.1) is 0 Å². The molecule has 0 aromatic heterocycles. The predicted octanol–water partition coefficient (Wildman–Crippen LogP) is 6.12. The molecule has 1 saturated heterocycles. The summed E-state index contributed by atoms with van der Waals surface area (Å²) in [4.78, 5) is 14.9. The number of alkyl halides is 3. The fourth-order valence-corrected chi connectivity index (χ4v) is 4.70. The van der Waals surface area contributed by atoms with Gasteiger partial charge in [-0.25, -0.2) is 0 Å². The molecule has 1 fully saturated rings. The number of amides is 1. The quantitative estimate of drug-likeness (QED) is 0.455. The van der Waals surface area contributed by atoms with E-state index < -0.39 is 17.6 Å². The Morgan fingerprint density at radius 2 is 1.38 bits per heavy atom. The maximum atomic E-state index is 13.2. The Hall–Kier alpha value is -3.12. The van der Waals surface area contributed by atoms with Crippen molar-refractivity contribution < 1.29 is 18.0 Å². The lowest BCUT2D eigenvalue weighted by molar-refractivity contribution is -0.137. The summed E-state index contributed by atoms with van der Waals surface area (Å²) in [5.74, 6) is -0.349. The first kappa shape index (κ1) is 24.0. The van der Waals surface area contributed by atoms with Gasteiger partial charge in [0.05, 0.1) is 11.1 Å². The van der Waals surface area contributed by atoms with Gasteiger partial charge in [-0.2, -0.15) is 13.2 Å². The first-order valence-corrected chi connectivity index (χ1v) is 11.7. The van der Waals surface area contributed by atoms with Gasteiger partial charge in [0.25, 0.3) is 5.91 Å². The van der Waals surface area contributed by atoms with Crippen molar-refractivity contribution in [3.8, 4) is 0 Å². The van der Waals surface area contributed by atoms with E-state index in [9.17, 15) is 18.0 Å². The number of halogens is 3. The van der Waals surface area contributed by atoms with E-state index in [0.29, 0.717) is 5.92 Å². The third kappa shape index (κ3) is 6.06. The molecule has 0 atom stereocenters. The second-order valence-electron chi connectivity index (χ2n) is 8.80. The molecule has 3 aromatic rings. The molecule has 0 saturated carbocycles. The van der Waals surface area contributed by atoms with E-state index in [4.69, 9.17) is 0 Å². The Balaban J connectivity index is 1.32. The van der Waals surface area contributed by atoms with Crippen molar-refractivity contribution >= 4 is 5.91 Å². The van der Waals surface area contributed by atoms with Gasteiger partial charge in [-0.3, -0.25) is 4.79 Å². The van der Waals surface area contributed by atoms with Crippen LogP contribution in [0.15, 0.2) is 84.9 Å². The van der Waals surface area contributed by atoms with Crippen molar-refractivity contribution in [2.75, 3.05) is 19.6 Å². The van der Waals surface area contributed by atoms with Crippen molar-refractivity contribution in [2.24, 2.45) is 0 Å². The highest BCUT2D eigenvalue weighted by atomic mass is 19.4. The fourth-order valence-electron chi connectivity index (χ4n) is 4.70. The topological polar surface area (TPSA) is 32.3 Å². The van der Waals surface area contributed by atoms with Crippen molar-refractivity contribution in [3.05, 3.63) is 107 Å². The van der Waals surface area contributed by atoms with Gasteiger partial charge in [-0.15, -0.1) is 0 Å². The number of hydrogen-bond donors (Lipinski definition) is 1. The Kier molecular flexibility index (Phi) is 7.68. The summed E-state index contributed by atoms with van der Waals surface area (Å²) in [5.41, 5.74) is 1.38. The number of nitrogens with zero attached hydrogens (tertiary/aromatic N) is 1. The van der Waals surface area contributed by atoms with Crippen LogP contribution < -0.4 is 5.32 Å². The molecule has 0 radical (unpaired) electrons. The molecule has 4 rings (SSSR count). The smallest absolute Gasteiger partial charge is 0.349 e. The summed E-state index contributed by atoms with van der Waals surface area (Å²) in [6.07, 6.45) is -2.13. The number of carbonyl (C=O) groups excluding carboxylic acids is 1.